The van der Waals surface area contributed by atoms with Crippen LogP contribution in [0.4, 0.5) is 0 Å². The Kier molecular flexibility index (Phi) is 4.10. The molecule has 0 amide bonds. The third-order valence-corrected chi connectivity index (χ3v) is 3.87. The number of carbonyl (C=O) groups is 1. The minimum atomic E-state index is -1.20. The summed E-state index contributed by atoms with van der Waals surface area (Å²) in [7, 11) is 1.24. The van der Waals surface area contributed by atoms with Crippen molar-refractivity contribution in [1.29, 1.82) is 0 Å². The van der Waals surface area contributed by atoms with Gasteiger partial charge >= 0.3 is 5.97 Å². The number of aromatic nitrogens is 3. The number of hydrogen-bond acceptors (Lipinski definition) is 9. The number of ether oxygens (including phenoxy) is 4. The van der Waals surface area contributed by atoms with Gasteiger partial charge in [0.2, 0.25) is 0 Å². The molecule has 2 aliphatic heterocycles. The summed E-state index contributed by atoms with van der Waals surface area (Å²) in [6.07, 6.45) is -2.20. The van der Waals surface area contributed by atoms with Gasteiger partial charge in [-0.05, 0) is 13.8 Å². The summed E-state index contributed by atoms with van der Waals surface area (Å²) in [5, 5.41) is 26.9. The molecular formula is C13H19N3O7. The molecule has 3 heterocycles. The second-order valence-corrected chi connectivity index (χ2v) is 5.87. The molecule has 5 atom stereocenters. The molecule has 0 aromatic carbocycles. The van der Waals surface area contributed by atoms with E-state index in [1.165, 1.54) is 18.0 Å². The first-order valence-electron chi connectivity index (χ1n) is 7.16. The summed E-state index contributed by atoms with van der Waals surface area (Å²) >= 11 is 0. The molecule has 0 radical (unpaired) electrons. The lowest BCUT2D eigenvalue weighted by Gasteiger charge is -2.28. The number of rotatable bonds is 4. The van der Waals surface area contributed by atoms with Gasteiger partial charge in [-0.3, -0.25) is 0 Å². The average Bonchev–Trinajstić information content (AvgIpc) is 3.16. The monoisotopic (exact) mass is 329 g/mol. The first kappa shape index (κ1) is 16.3. The topological polar surface area (TPSA) is 125 Å². The van der Waals surface area contributed by atoms with Crippen LogP contribution in [0.3, 0.4) is 0 Å². The molecule has 2 saturated heterocycles. The number of carbonyl (C=O) groups excluding carboxylic acids is 1. The molecule has 2 fully saturated rings. The highest BCUT2D eigenvalue weighted by atomic mass is 16.8. The van der Waals surface area contributed by atoms with Gasteiger partial charge in [0.1, 0.15) is 24.4 Å². The minimum Gasteiger partial charge on any atom is -0.464 e. The van der Waals surface area contributed by atoms with Crippen LogP contribution in [0, 0.1) is 0 Å². The van der Waals surface area contributed by atoms with Gasteiger partial charge in [-0.1, -0.05) is 5.21 Å². The van der Waals surface area contributed by atoms with Crippen molar-refractivity contribution in [3.8, 4) is 0 Å². The number of nitrogens with zero attached hydrogens (tertiary/aromatic N) is 3. The SMILES string of the molecule is COC(=O)c1cnnn1[C@@H]1[C@H]2OC(C)(C)O[C@H]2O[C@@H]1[C@H](O)CO. The van der Waals surface area contributed by atoms with Crippen LogP contribution in [0.25, 0.3) is 0 Å². The van der Waals surface area contributed by atoms with Crippen molar-refractivity contribution >= 4 is 5.97 Å². The maximum atomic E-state index is 11.9. The predicted molar refractivity (Wildman–Crippen MR) is 72.2 cm³/mol. The summed E-state index contributed by atoms with van der Waals surface area (Å²) in [6, 6.07) is -0.708. The fraction of sp³-hybridized carbons (Fsp3) is 0.769. The van der Waals surface area contributed by atoms with Crippen LogP contribution in [0.2, 0.25) is 0 Å². The predicted octanol–water partition coefficient (Wildman–Crippen LogP) is -1.16. The largest absolute Gasteiger partial charge is 0.464 e. The van der Waals surface area contributed by atoms with E-state index in [0.717, 1.165) is 0 Å². The van der Waals surface area contributed by atoms with E-state index in [9.17, 15) is 15.0 Å². The molecule has 1 aromatic heterocycles. The van der Waals surface area contributed by atoms with Crippen LogP contribution in [0.5, 0.6) is 0 Å². The Bertz CT molecular complexity index is 590. The number of fused-ring (bicyclic) bond motifs is 1. The Balaban J connectivity index is 1.98. The normalized spacial score (nSPS) is 33.4. The summed E-state index contributed by atoms with van der Waals surface area (Å²) in [4.78, 5) is 11.9. The second kappa shape index (κ2) is 5.80. The standard InChI is InChI=1S/C13H19N3O7/c1-13(2)22-10-8(9(7(18)5-17)21-12(10)23-13)16-6(4-14-15-16)11(19)20-3/h4,7-10,12,17-18H,5H2,1-3H3/t7-,8+,9-,10-,12-/m1/s1. The van der Waals surface area contributed by atoms with Gasteiger partial charge in [-0.25, -0.2) is 9.48 Å². The summed E-state index contributed by atoms with van der Waals surface area (Å²) < 4.78 is 23.1. The number of aliphatic hydroxyl groups is 2. The van der Waals surface area contributed by atoms with E-state index in [4.69, 9.17) is 18.9 Å². The highest BCUT2D eigenvalue weighted by Gasteiger charge is 2.58. The first-order chi connectivity index (χ1) is 10.9. The molecule has 23 heavy (non-hydrogen) atoms. The molecule has 2 N–H and O–H groups in total. The Hall–Kier alpha value is -1.59. The maximum absolute atomic E-state index is 11.9. The van der Waals surface area contributed by atoms with E-state index in [0.29, 0.717) is 0 Å². The third-order valence-electron chi connectivity index (χ3n) is 3.87. The van der Waals surface area contributed by atoms with Gasteiger partial charge < -0.3 is 29.2 Å². The van der Waals surface area contributed by atoms with Crippen molar-refractivity contribution in [2.45, 2.75) is 50.3 Å². The van der Waals surface area contributed by atoms with Gasteiger partial charge in [-0.15, -0.1) is 5.10 Å². The van der Waals surface area contributed by atoms with E-state index in [2.05, 4.69) is 10.3 Å². The van der Waals surface area contributed by atoms with E-state index in [1.54, 1.807) is 13.8 Å². The van der Waals surface area contributed by atoms with Crippen LogP contribution < -0.4 is 0 Å². The summed E-state index contributed by atoms with van der Waals surface area (Å²) in [5.74, 6) is -1.51. The number of methoxy groups -OCH3 is 1. The number of aliphatic hydroxyl groups excluding tert-OH is 2. The Morgan fingerprint density at radius 2 is 2.26 bits per heavy atom. The molecule has 1 aromatic rings. The lowest BCUT2D eigenvalue weighted by Crippen LogP contribution is -2.41. The van der Waals surface area contributed by atoms with E-state index < -0.39 is 49.0 Å². The Morgan fingerprint density at radius 3 is 2.91 bits per heavy atom. The molecule has 10 nitrogen and oxygen atoms in total. The van der Waals surface area contributed by atoms with Crippen LogP contribution in [-0.4, -0.2) is 75.3 Å². The quantitative estimate of drug-likeness (QED) is 0.658. The van der Waals surface area contributed by atoms with Crippen LogP contribution in [0.1, 0.15) is 30.4 Å². The highest BCUT2D eigenvalue weighted by molar-refractivity contribution is 5.87. The zero-order valence-electron chi connectivity index (χ0n) is 12.9. The molecule has 0 unspecified atom stereocenters. The second-order valence-electron chi connectivity index (χ2n) is 5.87. The first-order valence-corrected chi connectivity index (χ1v) is 7.16. The molecular weight excluding hydrogens is 310 g/mol. The lowest BCUT2D eigenvalue weighted by atomic mass is 10.0. The van der Waals surface area contributed by atoms with Gasteiger partial charge in [0.15, 0.2) is 17.8 Å². The maximum Gasteiger partial charge on any atom is 0.358 e. The van der Waals surface area contributed by atoms with E-state index in [1.807, 2.05) is 0 Å². The fourth-order valence-corrected chi connectivity index (χ4v) is 2.93. The zero-order valence-corrected chi connectivity index (χ0v) is 12.9. The van der Waals surface area contributed by atoms with Crippen LogP contribution in [0.15, 0.2) is 6.20 Å². The smallest absolute Gasteiger partial charge is 0.358 e. The fourth-order valence-electron chi connectivity index (χ4n) is 2.93. The van der Waals surface area contributed by atoms with E-state index >= 15 is 0 Å². The Morgan fingerprint density at radius 1 is 1.52 bits per heavy atom. The van der Waals surface area contributed by atoms with Crippen LogP contribution in [-0.2, 0) is 18.9 Å². The molecule has 0 saturated carbocycles. The third kappa shape index (κ3) is 2.72. The molecule has 3 rings (SSSR count). The van der Waals surface area contributed by atoms with Crippen molar-refractivity contribution in [2.24, 2.45) is 0 Å². The van der Waals surface area contributed by atoms with Gasteiger partial charge in [0.05, 0.1) is 19.9 Å². The molecule has 0 aliphatic carbocycles. The van der Waals surface area contributed by atoms with Gasteiger partial charge in [0.25, 0.3) is 0 Å². The van der Waals surface area contributed by atoms with Crippen molar-refractivity contribution in [3.05, 3.63) is 11.9 Å². The molecule has 128 valence electrons. The highest BCUT2D eigenvalue weighted by Crippen LogP contribution is 2.44. The van der Waals surface area contributed by atoms with Crippen molar-refractivity contribution in [2.75, 3.05) is 13.7 Å². The van der Waals surface area contributed by atoms with Gasteiger partial charge in [-0.2, -0.15) is 0 Å². The molecule has 10 heteroatoms. The van der Waals surface area contributed by atoms with Crippen molar-refractivity contribution in [1.82, 2.24) is 15.0 Å². The molecule has 0 spiro atoms. The average molecular weight is 329 g/mol. The van der Waals surface area contributed by atoms with Gasteiger partial charge in [0, 0.05) is 0 Å². The summed E-state index contributed by atoms with van der Waals surface area (Å²) in [6.45, 7) is 2.93. The Labute approximate surface area is 131 Å². The van der Waals surface area contributed by atoms with E-state index in [-0.39, 0.29) is 5.69 Å². The van der Waals surface area contributed by atoms with Crippen molar-refractivity contribution < 1.29 is 34.0 Å². The summed E-state index contributed by atoms with van der Waals surface area (Å²) in [5.41, 5.74) is 0.0881. The lowest BCUT2D eigenvalue weighted by molar-refractivity contribution is -0.221. The molecule has 0 bridgehead atoms. The number of esters is 1. The molecule has 2 aliphatic rings. The van der Waals surface area contributed by atoms with Crippen LogP contribution >= 0.6 is 0 Å². The number of hydrogen-bond donors (Lipinski definition) is 2. The minimum absolute atomic E-state index is 0.0881. The zero-order chi connectivity index (χ0) is 16.8. The van der Waals surface area contributed by atoms with Crippen molar-refractivity contribution in [3.63, 3.8) is 0 Å².